The minimum Gasteiger partial charge on any atom is -0.456 e. The van der Waals surface area contributed by atoms with Gasteiger partial charge in [-0.3, -0.25) is 0 Å². The third-order valence-corrected chi connectivity index (χ3v) is 9.89. The number of ether oxygens (including phenoxy) is 2. The number of rotatable bonds is 3. The number of benzene rings is 8. The van der Waals surface area contributed by atoms with Crippen LogP contribution < -0.4 is 9.47 Å². The number of hydrogen-bond donors (Lipinski definition) is 0. The summed E-state index contributed by atoms with van der Waals surface area (Å²) in [6.07, 6.45) is 0. The summed E-state index contributed by atoms with van der Waals surface area (Å²) >= 11 is 0. The SMILES string of the molecule is c1ccc(-c2cccc3c2-c2ccccc2Oc2ccccc2-c2ccc(-c4cccc5c4c4ccccc4n5-c4ccccc4)cc2O3)cc1. The smallest absolute Gasteiger partial charge is 0.136 e. The Labute approximate surface area is 296 Å². The fraction of sp³-hybridized carbons (Fsp3) is 0. The molecule has 3 nitrogen and oxygen atoms in total. The molecule has 9 aromatic rings. The molecule has 51 heavy (non-hydrogen) atoms. The molecule has 0 bridgehead atoms. The molecule has 8 aromatic carbocycles. The zero-order valence-corrected chi connectivity index (χ0v) is 27.7. The van der Waals surface area contributed by atoms with Gasteiger partial charge < -0.3 is 14.0 Å². The van der Waals surface area contributed by atoms with Crippen LogP contribution >= 0.6 is 0 Å². The largest absolute Gasteiger partial charge is 0.456 e. The molecule has 2 heterocycles. The summed E-state index contributed by atoms with van der Waals surface area (Å²) in [6, 6.07) is 65.7. The first kappa shape index (κ1) is 29.1. The number of hydrogen-bond acceptors (Lipinski definition) is 2. The third-order valence-electron chi connectivity index (χ3n) is 9.89. The van der Waals surface area contributed by atoms with Crippen molar-refractivity contribution < 1.29 is 9.47 Å². The van der Waals surface area contributed by atoms with Crippen LogP contribution in [0.15, 0.2) is 188 Å². The third kappa shape index (κ3) is 4.82. The molecule has 0 spiro atoms. The first-order valence-electron chi connectivity index (χ1n) is 17.3. The van der Waals surface area contributed by atoms with Crippen LogP contribution in [0, 0.1) is 0 Å². The van der Waals surface area contributed by atoms with Gasteiger partial charge in [-0.05, 0) is 76.9 Å². The van der Waals surface area contributed by atoms with Gasteiger partial charge in [0.15, 0.2) is 0 Å². The van der Waals surface area contributed by atoms with Crippen molar-refractivity contribution in [2.24, 2.45) is 0 Å². The maximum Gasteiger partial charge on any atom is 0.136 e. The fourth-order valence-electron chi connectivity index (χ4n) is 7.64. The van der Waals surface area contributed by atoms with Crippen molar-refractivity contribution in [1.29, 1.82) is 0 Å². The molecule has 1 aromatic heterocycles. The van der Waals surface area contributed by atoms with Crippen molar-refractivity contribution in [2.75, 3.05) is 0 Å². The van der Waals surface area contributed by atoms with Crippen LogP contribution in [0.4, 0.5) is 0 Å². The van der Waals surface area contributed by atoms with Crippen LogP contribution in [0.1, 0.15) is 0 Å². The Hall–Kier alpha value is -6.84. The second kappa shape index (κ2) is 11.9. The molecule has 240 valence electrons. The highest BCUT2D eigenvalue weighted by molar-refractivity contribution is 6.16. The number of fused-ring (bicyclic) bond motifs is 9. The monoisotopic (exact) mass is 653 g/mol. The van der Waals surface area contributed by atoms with E-state index in [1.807, 2.05) is 30.3 Å². The summed E-state index contributed by atoms with van der Waals surface area (Å²) in [5.41, 5.74) is 11.8. The molecule has 0 fully saturated rings. The number of aromatic nitrogens is 1. The lowest BCUT2D eigenvalue weighted by Crippen LogP contribution is -1.99. The van der Waals surface area contributed by atoms with Crippen molar-refractivity contribution in [3.8, 4) is 73.2 Å². The van der Waals surface area contributed by atoms with E-state index < -0.39 is 0 Å². The Bertz CT molecular complexity index is 2740. The van der Waals surface area contributed by atoms with E-state index in [-0.39, 0.29) is 0 Å². The van der Waals surface area contributed by atoms with Crippen molar-refractivity contribution in [2.45, 2.75) is 0 Å². The van der Waals surface area contributed by atoms with Gasteiger partial charge in [0.25, 0.3) is 0 Å². The lowest BCUT2D eigenvalue weighted by atomic mass is 9.92. The van der Waals surface area contributed by atoms with Crippen LogP contribution in [-0.2, 0) is 0 Å². The first-order valence-corrected chi connectivity index (χ1v) is 17.3. The summed E-state index contributed by atoms with van der Waals surface area (Å²) in [5, 5.41) is 2.42. The summed E-state index contributed by atoms with van der Waals surface area (Å²) < 4.78 is 16.4. The Kier molecular flexibility index (Phi) is 6.81. The van der Waals surface area contributed by atoms with Gasteiger partial charge >= 0.3 is 0 Å². The molecule has 0 unspecified atom stereocenters. The van der Waals surface area contributed by atoms with Gasteiger partial charge in [-0.25, -0.2) is 0 Å². The highest BCUT2D eigenvalue weighted by Crippen LogP contribution is 2.50. The molecule has 0 saturated heterocycles. The van der Waals surface area contributed by atoms with Gasteiger partial charge in [0.1, 0.15) is 23.0 Å². The molecule has 0 aliphatic carbocycles. The minimum absolute atomic E-state index is 0.762. The van der Waals surface area contributed by atoms with E-state index in [2.05, 4.69) is 162 Å². The quantitative estimate of drug-likeness (QED) is 0.189. The van der Waals surface area contributed by atoms with Gasteiger partial charge in [-0.1, -0.05) is 133 Å². The van der Waals surface area contributed by atoms with E-state index in [1.165, 1.54) is 16.3 Å². The number of para-hydroxylation sites is 4. The first-order chi connectivity index (χ1) is 25.3. The van der Waals surface area contributed by atoms with E-state index >= 15 is 0 Å². The number of nitrogens with zero attached hydrogens (tertiary/aromatic N) is 1. The molecular formula is C48H31NO2. The lowest BCUT2D eigenvalue weighted by Gasteiger charge is -2.23. The van der Waals surface area contributed by atoms with E-state index in [1.54, 1.807) is 0 Å². The summed E-state index contributed by atoms with van der Waals surface area (Å²) in [5.74, 6) is 3.08. The Morgan fingerprint density at radius 3 is 1.75 bits per heavy atom. The summed E-state index contributed by atoms with van der Waals surface area (Å²) in [4.78, 5) is 0. The molecule has 0 saturated carbocycles. The minimum atomic E-state index is 0.762. The Morgan fingerprint density at radius 2 is 0.902 bits per heavy atom. The van der Waals surface area contributed by atoms with Crippen LogP contribution in [0.25, 0.3) is 72.0 Å². The predicted octanol–water partition coefficient (Wildman–Crippen LogP) is 13.3. The standard InChI is InChI=1S/C48H31NO2/c1-3-15-32(16-4-1)35-23-14-28-45-48(35)40-21-9-12-27-44(40)50-43-26-11-8-19-37(43)38-30-29-33(31-46(38)51-45)36-22-13-25-42-47(36)39-20-7-10-24-41(39)49(42)34-17-5-2-6-18-34/h1-31H. The van der Waals surface area contributed by atoms with Crippen LogP contribution in [0.3, 0.4) is 0 Å². The Morgan fingerprint density at radius 1 is 0.333 bits per heavy atom. The summed E-state index contributed by atoms with van der Waals surface area (Å²) in [6.45, 7) is 0. The molecular weight excluding hydrogens is 623 g/mol. The molecule has 0 radical (unpaired) electrons. The second-order valence-corrected chi connectivity index (χ2v) is 12.8. The molecule has 1 aliphatic rings. The fourth-order valence-corrected chi connectivity index (χ4v) is 7.64. The predicted molar refractivity (Wildman–Crippen MR) is 209 cm³/mol. The van der Waals surface area contributed by atoms with E-state index in [9.17, 15) is 0 Å². The second-order valence-electron chi connectivity index (χ2n) is 12.8. The van der Waals surface area contributed by atoms with Crippen LogP contribution in [0.5, 0.6) is 23.0 Å². The molecule has 3 heteroatoms. The normalized spacial score (nSPS) is 11.8. The molecule has 10 rings (SSSR count). The van der Waals surface area contributed by atoms with Gasteiger partial charge in [0, 0.05) is 38.7 Å². The van der Waals surface area contributed by atoms with Crippen molar-refractivity contribution in [1.82, 2.24) is 4.57 Å². The highest BCUT2D eigenvalue weighted by Gasteiger charge is 2.24. The average Bonchev–Trinajstić information content (AvgIpc) is 3.54. The highest BCUT2D eigenvalue weighted by atomic mass is 16.5. The molecule has 0 atom stereocenters. The van der Waals surface area contributed by atoms with Crippen molar-refractivity contribution >= 4 is 21.8 Å². The Balaban J connectivity index is 1.23. The van der Waals surface area contributed by atoms with Gasteiger partial charge in [0.05, 0.1) is 11.0 Å². The van der Waals surface area contributed by atoms with Gasteiger partial charge in [-0.15, -0.1) is 0 Å². The van der Waals surface area contributed by atoms with Crippen molar-refractivity contribution in [3.05, 3.63) is 188 Å². The lowest BCUT2D eigenvalue weighted by molar-refractivity contribution is 0.472. The molecule has 0 amide bonds. The van der Waals surface area contributed by atoms with E-state index in [0.29, 0.717) is 0 Å². The topological polar surface area (TPSA) is 23.4 Å². The molecule has 0 N–H and O–H groups in total. The zero-order chi connectivity index (χ0) is 33.7. The van der Waals surface area contributed by atoms with Crippen LogP contribution in [-0.4, -0.2) is 4.57 Å². The van der Waals surface area contributed by atoms with E-state index in [4.69, 9.17) is 9.47 Å². The zero-order valence-electron chi connectivity index (χ0n) is 27.7. The van der Waals surface area contributed by atoms with Gasteiger partial charge in [-0.2, -0.15) is 0 Å². The van der Waals surface area contributed by atoms with Crippen molar-refractivity contribution in [3.63, 3.8) is 0 Å². The van der Waals surface area contributed by atoms with Crippen LogP contribution in [0.2, 0.25) is 0 Å². The maximum atomic E-state index is 7.17. The molecule has 1 aliphatic heterocycles. The average molecular weight is 654 g/mol. The summed E-state index contributed by atoms with van der Waals surface area (Å²) in [7, 11) is 0. The maximum absolute atomic E-state index is 7.17. The van der Waals surface area contributed by atoms with E-state index in [0.717, 1.165) is 78.7 Å². The van der Waals surface area contributed by atoms with Gasteiger partial charge in [0.2, 0.25) is 0 Å².